The predicted octanol–water partition coefficient (Wildman–Crippen LogP) is 2.37. The van der Waals surface area contributed by atoms with Crippen molar-refractivity contribution in [3.05, 3.63) is 11.1 Å². The van der Waals surface area contributed by atoms with Gasteiger partial charge in [0.25, 0.3) is 0 Å². The van der Waals surface area contributed by atoms with Crippen molar-refractivity contribution in [2.24, 2.45) is 5.92 Å². The Kier molecular flexibility index (Phi) is 3.84. The molecule has 1 N–H and O–H groups in total. The topological polar surface area (TPSA) is 62.3 Å². The van der Waals surface area contributed by atoms with E-state index in [1.54, 1.807) is 0 Å². The number of aromatic nitrogens is 1. The Morgan fingerprint density at radius 1 is 1.45 bits per heavy atom. The molecule has 2 fully saturated rings. The van der Waals surface area contributed by atoms with Crippen LogP contribution in [0.5, 0.6) is 0 Å². The van der Waals surface area contributed by atoms with E-state index in [1.165, 1.54) is 11.3 Å². The van der Waals surface area contributed by atoms with Crippen molar-refractivity contribution in [3.8, 4) is 0 Å². The van der Waals surface area contributed by atoms with Crippen molar-refractivity contribution < 1.29 is 22.8 Å². The molecule has 2 heterocycles. The molecule has 1 aromatic rings. The molecule has 0 bridgehead atoms. The largest absolute Gasteiger partial charge is 0.406 e. The third kappa shape index (κ3) is 3.57. The molecule has 1 atom stereocenters. The van der Waals surface area contributed by atoms with Crippen molar-refractivity contribution in [1.29, 1.82) is 0 Å². The molecular weight excluding hydrogens is 319 g/mol. The summed E-state index contributed by atoms with van der Waals surface area (Å²) >= 11 is 1.30. The zero-order valence-corrected chi connectivity index (χ0v) is 12.3. The molecule has 0 aromatic carbocycles. The number of thiazole rings is 1. The number of amides is 2. The maximum absolute atomic E-state index is 12.3. The highest BCUT2D eigenvalue weighted by Gasteiger charge is 2.40. The highest BCUT2D eigenvalue weighted by molar-refractivity contribution is 7.13. The van der Waals surface area contributed by atoms with Gasteiger partial charge in [-0.25, -0.2) is 4.98 Å². The third-order valence-electron chi connectivity index (χ3n) is 3.70. The van der Waals surface area contributed by atoms with Crippen LogP contribution in [0.25, 0.3) is 0 Å². The molecule has 0 spiro atoms. The zero-order valence-electron chi connectivity index (χ0n) is 11.5. The van der Waals surface area contributed by atoms with Crippen LogP contribution in [-0.4, -0.2) is 41.0 Å². The number of carbonyl (C=O) groups excluding carboxylic acids is 2. The quantitative estimate of drug-likeness (QED) is 0.920. The maximum Gasteiger partial charge on any atom is 0.406 e. The molecule has 1 aliphatic carbocycles. The summed E-state index contributed by atoms with van der Waals surface area (Å²) in [6.07, 6.45) is -2.44. The number of hydrogen-bond acceptors (Lipinski definition) is 4. The fourth-order valence-corrected chi connectivity index (χ4v) is 3.23. The summed E-state index contributed by atoms with van der Waals surface area (Å²) in [5.74, 6) is -1.38. The summed E-state index contributed by atoms with van der Waals surface area (Å²) in [4.78, 5) is 28.6. The monoisotopic (exact) mass is 333 g/mol. The van der Waals surface area contributed by atoms with Gasteiger partial charge in [0.1, 0.15) is 6.54 Å². The summed E-state index contributed by atoms with van der Waals surface area (Å²) in [7, 11) is 0. The number of rotatable bonds is 4. The van der Waals surface area contributed by atoms with Gasteiger partial charge in [0.05, 0.1) is 11.6 Å². The van der Waals surface area contributed by atoms with Gasteiger partial charge in [-0.2, -0.15) is 13.2 Å². The molecule has 120 valence electrons. The number of halogens is 3. The lowest BCUT2D eigenvalue weighted by Crippen LogP contribution is -2.36. The Morgan fingerprint density at radius 2 is 2.18 bits per heavy atom. The maximum atomic E-state index is 12.3. The molecule has 2 amide bonds. The van der Waals surface area contributed by atoms with Gasteiger partial charge < -0.3 is 10.2 Å². The number of alkyl halides is 3. The van der Waals surface area contributed by atoms with Crippen LogP contribution >= 0.6 is 11.3 Å². The van der Waals surface area contributed by atoms with Crippen molar-refractivity contribution >= 4 is 28.3 Å². The number of nitrogens with zero attached hydrogens (tertiary/aromatic N) is 2. The van der Waals surface area contributed by atoms with Crippen LogP contribution in [0.15, 0.2) is 5.38 Å². The normalized spacial score (nSPS) is 22.2. The van der Waals surface area contributed by atoms with E-state index in [0.717, 1.165) is 18.5 Å². The van der Waals surface area contributed by atoms with Crippen molar-refractivity contribution in [2.75, 3.05) is 18.4 Å². The first-order valence-electron chi connectivity index (χ1n) is 6.92. The summed E-state index contributed by atoms with van der Waals surface area (Å²) in [6.45, 7) is -1.51. The van der Waals surface area contributed by atoms with Crippen LogP contribution in [0, 0.1) is 5.92 Å². The molecule has 22 heavy (non-hydrogen) atoms. The minimum atomic E-state index is -4.45. The van der Waals surface area contributed by atoms with Crippen molar-refractivity contribution in [1.82, 2.24) is 9.88 Å². The SMILES string of the molecule is O=C(Nc1nc(C2CC2)cs1)[C@H]1CC(=O)N(CC(F)(F)F)C1. The zero-order chi connectivity index (χ0) is 15.9. The second kappa shape index (κ2) is 5.53. The molecule has 1 saturated carbocycles. The lowest BCUT2D eigenvalue weighted by Gasteiger charge is -2.18. The minimum absolute atomic E-state index is 0.192. The number of nitrogens with one attached hydrogen (secondary N) is 1. The number of carbonyl (C=O) groups is 2. The first-order chi connectivity index (χ1) is 10.3. The Labute approximate surface area is 128 Å². The van der Waals surface area contributed by atoms with E-state index in [4.69, 9.17) is 0 Å². The van der Waals surface area contributed by atoms with Gasteiger partial charge in [-0.3, -0.25) is 9.59 Å². The molecule has 0 unspecified atom stereocenters. The third-order valence-corrected chi connectivity index (χ3v) is 4.48. The number of hydrogen-bond donors (Lipinski definition) is 1. The fourth-order valence-electron chi connectivity index (χ4n) is 2.43. The number of anilines is 1. The van der Waals surface area contributed by atoms with E-state index < -0.39 is 30.5 Å². The molecule has 9 heteroatoms. The first kappa shape index (κ1) is 15.3. The Morgan fingerprint density at radius 3 is 2.82 bits per heavy atom. The van der Waals surface area contributed by atoms with Crippen LogP contribution in [-0.2, 0) is 9.59 Å². The van der Waals surface area contributed by atoms with E-state index in [2.05, 4.69) is 10.3 Å². The second-order valence-electron chi connectivity index (χ2n) is 5.63. The molecule has 1 aromatic heterocycles. The van der Waals surface area contributed by atoms with Gasteiger partial charge in [0, 0.05) is 24.3 Å². The van der Waals surface area contributed by atoms with Crippen LogP contribution < -0.4 is 5.32 Å². The van der Waals surface area contributed by atoms with Gasteiger partial charge in [-0.1, -0.05) is 0 Å². The van der Waals surface area contributed by atoms with Gasteiger partial charge in [0.2, 0.25) is 11.8 Å². The lowest BCUT2D eigenvalue weighted by molar-refractivity contribution is -0.157. The van der Waals surface area contributed by atoms with Gasteiger partial charge in [-0.05, 0) is 12.8 Å². The highest BCUT2D eigenvalue weighted by atomic mass is 32.1. The average Bonchev–Trinajstić information content (AvgIpc) is 3.06. The smallest absolute Gasteiger partial charge is 0.333 e. The predicted molar refractivity (Wildman–Crippen MR) is 73.5 cm³/mol. The first-order valence-corrected chi connectivity index (χ1v) is 7.80. The standard InChI is InChI=1S/C13H14F3N3O2S/c14-13(15,16)6-19-4-8(3-10(19)20)11(21)18-12-17-9(5-22-12)7-1-2-7/h5,7-8H,1-4,6H2,(H,17,18,21)/t8-/m0/s1. The minimum Gasteiger partial charge on any atom is -0.333 e. The molecular formula is C13H14F3N3O2S. The summed E-state index contributed by atoms with van der Waals surface area (Å²) < 4.78 is 37.0. The second-order valence-corrected chi connectivity index (χ2v) is 6.49. The van der Waals surface area contributed by atoms with Crippen LogP contribution in [0.2, 0.25) is 0 Å². The van der Waals surface area contributed by atoms with E-state index >= 15 is 0 Å². The molecule has 5 nitrogen and oxygen atoms in total. The van der Waals surface area contributed by atoms with Gasteiger partial charge in [0.15, 0.2) is 5.13 Å². The molecule has 0 radical (unpaired) electrons. The summed E-state index contributed by atoms with van der Waals surface area (Å²) in [6, 6.07) is 0. The Bertz CT molecular complexity index is 598. The Hall–Kier alpha value is -1.64. The van der Waals surface area contributed by atoms with Crippen LogP contribution in [0.1, 0.15) is 30.9 Å². The number of likely N-dealkylation sites (tertiary alicyclic amines) is 1. The molecule has 3 rings (SSSR count). The van der Waals surface area contributed by atoms with Gasteiger partial charge >= 0.3 is 6.18 Å². The van der Waals surface area contributed by atoms with E-state index in [0.29, 0.717) is 15.9 Å². The van der Waals surface area contributed by atoms with Gasteiger partial charge in [-0.15, -0.1) is 11.3 Å². The van der Waals surface area contributed by atoms with Crippen LogP contribution in [0.3, 0.4) is 0 Å². The lowest BCUT2D eigenvalue weighted by atomic mass is 10.1. The fraction of sp³-hybridized carbons (Fsp3) is 0.615. The summed E-state index contributed by atoms with van der Waals surface area (Å²) in [5, 5.41) is 4.92. The van der Waals surface area contributed by atoms with E-state index in [9.17, 15) is 22.8 Å². The van der Waals surface area contributed by atoms with Crippen LogP contribution in [0.4, 0.5) is 18.3 Å². The average molecular weight is 333 g/mol. The molecule has 1 aliphatic heterocycles. The molecule has 2 aliphatic rings. The van der Waals surface area contributed by atoms with Crippen molar-refractivity contribution in [3.63, 3.8) is 0 Å². The highest BCUT2D eigenvalue weighted by Crippen LogP contribution is 2.41. The molecule has 1 saturated heterocycles. The van der Waals surface area contributed by atoms with Crippen molar-refractivity contribution in [2.45, 2.75) is 31.4 Å². The van der Waals surface area contributed by atoms with E-state index in [-0.39, 0.29) is 13.0 Å². The Balaban J connectivity index is 1.57. The van der Waals surface area contributed by atoms with E-state index in [1.807, 2.05) is 5.38 Å². The summed E-state index contributed by atoms with van der Waals surface area (Å²) in [5.41, 5.74) is 0.946.